The van der Waals surface area contributed by atoms with Gasteiger partial charge in [0, 0.05) is 58.0 Å². The lowest BCUT2D eigenvalue weighted by Crippen LogP contribution is -2.35. The van der Waals surface area contributed by atoms with Gasteiger partial charge in [-0.2, -0.15) is 0 Å². The SMILES string of the molecule is CCOCCn1c(N2CCCN(CCC(CN(C)C(=O)c3cc(-n4cnnc4)ccc3OC)c3ccc(F)cc3)CC2)nc2ccccc21. The van der Waals surface area contributed by atoms with Crippen LogP contribution in [0.3, 0.4) is 0 Å². The molecule has 49 heavy (non-hydrogen) atoms. The lowest BCUT2D eigenvalue weighted by Gasteiger charge is -2.28. The monoisotopic (exact) mass is 668 g/mol. The number of methoxy groups -OCH3 is 1. The number of nitrogens with zero attached hydrogens (tertiary/aromatic N) is 8. The molecule has 0 aliphatic carbocycles. The molecule has 1 aliphatic rings. The average molecular weight is 669 g/mol. The number of fused-ring (bicyclic) bond motifs is 1. The third kappa shape index (κ3) is 8.09. The molecule has 3 aromatic carbocycles. The molecule has 0 saturated carbocycles. The van der Waals surface area contributed by atoms with Crippen LogP contribution in [0.4, 0.5) is 10.3 Å². The van der Waals surface area contributed by atoms with Gasteiger partial charge >= 0.3 is 0 Å². The molecule has 1 fully saturated rings. The number of halogens is 1. The summed E-state index contributed by atoms with van der Waals surface area (Å²) in [4.78, 5) is 25.5. The number of imidazole rings is 1. The predicted molar refractivity (Wildman–Crippen MR) is 188 cm³/mol. The third-order valence-corrected chi connectivity index (χ3v) is 9.28. The number of ether oxygens (including phenoxy) is 2. The summed E-state index contributed by atoms with van der Waals surface area (Å²) >= 11 is 0. The number of aromatic nitrogens is 5. The van der Waals surface area contributed by atoms with Gasteiger partial charge in [-0.25, -0.2) is 9.37 Å². The highest BCUT2D eigenvalue weighted by Crippen LogP contribution is 2.28. The molecule has 1 amide bonds. The Morgan fingerprint density at radius 1 is 0.980 bits per heavy atom. The Kier molecular flexibility index (Phi) is 11.2. The number of rotatable bonds is 14. The molecule has 1 aliphatic heterocycles. The van der Waals surface area contributed by atoms with Gasteiger partial charge in [0.15, 0.2) is 0 Å². The van der Waals surface area contributed by atoms with Crippen LogP contribution in [0, 0.1) is 5.82 Å². The Labute approximate surface area is 286 Å². The van der Waals surface area contributed by atoms with Gasteiger partial charge in [-0.3, -0.25) is 9.36 Å². The Morgan fingerprint density at radius 3 is 2.55 bits per heavy atom. The molecule has 0 bridgehead atoms. The van der Waals surface area contributed by atoms with E-state index in [1.807, 2.05) is 38.2 Å². The highest BCUT2D eigenvalue weighted by molar-refractivity contribution is 5.97. The van der Waals surface area contributed by atoms with Crippen LogP contribution in [0.5, 0.6) is 5.75 Å². The normalized spacial score (nSPS) is 14.6. The van der Waals surface area contributed by atoms with E-state index in [4.69, 9.17) is 14.5 Å². The summed E-state index contributed by atoms with van der Waals surface area (Å²) in [6, 6.07) is 20.4. The largest absolute Gasteiger partial charge is 0.496 e. The predicted octanol–water partition coefficient (Wildman–Crippen LogP) is 5.26. The Hall–Kier alpha value is -4.81. The van der Waals surface area contributed by atoms with Crippen molar-refractivity contribution in [2.45, 2.75) is 32.2 Å². The van der Waals surface area contributed by atoms with Crippen molar-refractivity contribution in [2.24, 2.45) is 0 Å². The van der Waals surface area contributed by atoms with E-state index in [0.717, 1.165) is 80.3 Å². The smallest absolute Gasteiger partial charge is 0.257 e. The van der Waals surface area contributed by atoms with E-state index >= 15 is 0 Å². The van der Waals surface area contributed by atoms with E-state index in [9.17, 15) is 9.18 Å². The average Bonchev–Trinajstić information content (AvgIpc) is 3.73. The highest BCUT2D eigenvalue weighted by atomic mass is 19.1. The van der Waals surface area contributed by atoms with Crippen LogP contribution in [0.15, 0.2) is 79.4 Å². The fourth-order valence-electron chi connectivity index (χ4n) is 6.63. The van der Waals surface area contributed by atoms with Crippen molar-refractivity contribution in [3.63, 3.8) is 0 Å². The maximum absolute atomic E-state index is 14.0. The Balaban J connectivity index is 1.14. The number of carbonyl (C=O) groups excluding carboxylic acids is 1. The zero-order valence-electron chi connectivity index (χ0n) is 28.5. The maximum Gasteiger partial charge on any atom is 0.257 e. The molecule has 5 aromatic rings. The molecule has 11 nitrogen and oxygen atoms in total. The third-order valence-electron chi connectivity index (χ3n) is 9.28. The molecule has 0 radical (unpaired) electrons. The van der Waals surface area contributed by atoms with Crippen LogP contribution in [-0.4, -0.2) is 107 Å². The molecule has 1 saturated heterocycles. The van der Waals surface area contributed by atoms with Crippen LogP contribution in [-0.2, 0) is 11.3 Å². The molecule has 3 heterocycles. The summed E-state index contributed by atoms with van der Waals surface area (Å²) in [6.45, 7) is 9.07. The van der Waals surface area contributed by atoms with E-state index in [0.29, 0.717) is 31.1 Å². The summed E-state index contributed by atoms with van der Waals surface area (Å²) < 4.78 is 29.3. The molecule has 6 rings (SSSR count). The number of para-hydroxylation sites is 2. The molecule has 2 aromatic heterocycles. The molecule has 12 heteroatoms. The van der Waals surface area contributed by atoms with Crippen LogP contribution >= 0.6 is 0 Å². The summed E-state index contributed by atoms with van der Waals surface area (Å²) in [6.07, 6.45) is 5.00. The van der Waals surface area contributed by atoms with Crippen LogP contribution in [0.25, 0.3) is 16.7 Å². The summed E-state index contributed by atoms with van der Waals surface area (Å²) in [7, 11) is 3.37. The molecular formula is C37H45FN8O3. The quantitative estimate of drug-likeness (QED) is 0.148. The van der Waals surface area contributed by atoms with Gasteiger partial charge in [-0.15, -0.1) is 10.2 Å². The first-order chi connectivity index (χ1) is 23.9. The number of benzene rings is 3. The molecule has 0 spiro atoms. The van der Waals surface area contributed by atoms with Gasteiger partial charge in [-0.1, -0.05) is 24.3 Å². The van der Waals surface area contributed by atoms with Gasteiger partial charge < -0.3 is 28.7 Å². The van der Waals surface area contributed by atoms with Crippen molar-refractivity contribution in [1.82, 2.24) is 34.1 Å². The second-order valence-corrected chi connectivity index (χ2v) is 12.4. The van der Waals surface area contributed by atoms with E-state index < -0.39 is 0 Å². The zero-order valence-corrected chi connectivity index (χ0v) is 28.5. The lowest BCUT2D eigenvalue weighted by atomic mass is 9.94. The van der Waals surface area contributed by atoms with Crippen molar-refractivity contribution < 1.29 is 18.7 Å². The van der Waals surface area contributed by atoms with Crippen molar-refractivity contribution in [2.75, 3.05) is 71.5 Å². The first-order valence-corrected chi connectivity index (χ1v) is 17.0. The van der Waals surface area contributed by atoms with Gasteiger partial charge in [0.25, 0.3) is 5.91 Å². The second-order valence-electron chi connectivity index (χ2n) is 12.4. The van der Waals surface area contributed by atoms with Crippen LogP contribution < -0.4 is 9.64 Å². The van der Waals surface area contributed by atoms with E-state index in [1.165, 1.54) is 12.1 Å². The second kappa shape index (κ2) is 16.1. The minimum absolute atomic E-state index is 0.00342. The summed E-state index contributed by atoms with van der Waals surface area (Å²) in [5, 5.41) is 7.77. The van der Waals surface area contributed by atoms with Gasteiger partial charge in [-0.05, 0) is 80.9 Å². The van der Waals surface area contributed by atoms with Gasteiger partial charge in [0.2, 0.25) is 5.95 Å². The Bertz CT molecular complexity index is 1810. The fourth-order valence-corrected chi connectivity index (χ4v) is 6.63. The van der Waals surface area contributed by atoms with Gasteiger partial charge in [0.1, 0.15) is 24.2 Å². The van der Waals surface area contributed by atoms with E-state index in [2.05, 4.69) is 42.8 Å². The molecular weight excluding hydrogens is 623 g/mol. The molecule has 1 unspecified atom stereocenters. The van der Waals surface area contributed by atoms with Crippen molar-refractivity contribution in [1.29, 1.82) is 0 Å². The van der Waals surface area contributed by atoms with Crippen molar-refractivity contribution >= 4 is 22.9 Å². The number of amides is 1. The fraction of sp³-hybridized carbons (Fsp3) is 0.405. The van der Waals surface area contributed by atoms with E-state index in [1.54, 1.807) is 41.4 Å². The molecule has 258 valence electrons. The number of anilines is 1. The number of hydrogen-bond acceptors (Lipinski definition) is 8. The van der Waals surface area contributed by atoms with Crippen LogP contribution in [0.1, 0.15) is 41.6 Å². The van der Waals surface area contributed by atoms with Crippen LogP contribution in [0.2, 0.25) is 0 Å². The molecule has 0 N–H and O–H groups in total. The molecule has 1 atom stereocenters. The summed E-state index contributed by atoms with van der Waals surface area (Å²) in [5.74, 6) is 1.06. The maximum atomic E-state index is 14.0. The minimum Gasteiger partial charge on any atom is -0.496 e. The summed E-state index contributed by atoms with van der Waals surface area (Å²) in [5.41, 5.74) is 4.35. The first-order valence-electron chi connectivity index (χ1n) is 17.0. The number of likely N-dealkylation sites (N-methyl/N-ethyl adjacent to an activating group) is 1. The Morgan fingerprint density at radius 2 is 1.78 bits per heavy atom. The van der Waals surface area contributed by atoms with E-state index in [-0.39, 0.29) is 17.6 Å². The van der Waals surface area contributed by atoms with Crippen molar-refractivity contribution in [3.8, 4) is 11.4 Å². The number of hydrogen-bond donors (Lipinski definition) is 0. The first kappa shape index (κ1) is 34.1. The highest BCUT2D eigenvalue weighted by Gasteiger charge is 2.25. The topological polar surface area (TPSA) is 93.8 Å². The lowest BCUT2D eigenvalue weighted by molar-refractivity contribution is 0.0779. The van der Waals surface area contributed by atoms with Crippen molar-refractivity contribution in [3.05, 3.63) is 96.3 Å². The minimum atomic E-state index is -0.276. The zero-order chi connectivity index (χ0) is 34.2. The number of carbonyl (C=O) groups is 1. The standard InChI is InChI=1S/C37H45FN8O3/c1-4-49-23-22-46-34-9-6-5-8-33(34)41-37(46)44-18-7-17-43(20-21-44)19-16-29(28-10-12-30(38)13-11-28)25-42(2)36(47)32-24-31(14-15-35(32)48-3)45-26-39-40-27-45/h5-6,8-15,24,26-27,29H,4,7,16-23,25H2,1-3H3. The van der Waals surface area contributed by atoms with Gasteiger partial charge in [0.05, 0.1) is 30.3 Å².